The molecule has 0 atom stereocenters. The van der Waals surface area contributed by atoms with E-state index in [4.69, 9.17) is 9.47 Å². The Morgan fingerprint density at radius 2 is 1.52 bits per heavy atom. The first-order valence-electron chi connectivity index (χ1n) is 7.94. The monoisotopic (exact) mass is 391 g/mol. The number of hydrazine groups is 1. The van der Waals surface area contributed by atoms with Gasteiger partial charge in [-0.15, -0.1) is 4.83 Å². The predicted octanol–water partition coefficient (Wildman–Crippen LogP) is 0.441. The molecule has 1 aliphatic rings. The standard InChI is InChI=1S/C17H17N3O6S/c1-18-16(21)11-2-5-13(6-3-11)27(23,24)20-19-17(22)12-4-7-14-15(10-12)26-9-8-25-14/h2-7,10,20H,8-9H2,1H3,(H,18,21)(H,19,22). The molecule has 0 aromatic heterocycles. The molecular weight excluding hydrogens is 374 g/mol. The summed E-state index contributed by atoms with van der Waals surface area (Å²) in [6.07, 6.45) is 0. The van der Waals surface area contributed by atoms with Gasteiger partial charge in [-0.25, -0.2) is 8.42 Å². The second kappa shape index (κ2) is 7.64. The average Bonchev–Trinajstić information content (AvgIpc) is 2.71. The van der Waals surface area contributed by atoms with Crippen LogP contribution in [0.1, 0.15) is 20.7 Å². The van der Waals surface area contributed by atoms with Crippen molar-refractivity contribution in [2.45, 2.75) is 4.90 Å². The van der Waals surface area contributed by atoms with Crippen LogP contribution in [-0.4, -0.2) is 40.5 Å². The molecule has 27 heavy (non-hydrogen) atoms. The maximum atomic E-state index is 12.3. The van der Waals surface area contributed by atoms with Gasteiger partial charge in [0.05, 0.1) is 4.90 Å². The van der Waals surface area contributed by atoms with E-state index in [1.54, 1.807) is 6.07 Å². The van der Waals surface area contributed by atoms with Crippen LogP contribution in [0.25, 0.3) is 0 Å². The molecule has 0 aliphatic carbocycles. The summed E-state index contributed by atoms with van der Waals surface area (Å²) in [6, 6.07) is 9.82. The highest BCUT2D eigenvalue weighted by Crippen LogP contribution is 2.30. The summed E-state index contributed by atoms with van der Waals surface area (Å²) in [5.41, 5.74) is 2.66. The topological polar surface area (TPSA) is 123 Å². The number of ether oxygens (including phenoxy) is 2. The third kappa shape index (κ3) is 4.18. The van der Waals surface area contributed by atoms with Crippen LogP contribution in [0.15, 0.2) is 47.4 Å². The molecule has 3 rings (SSSR count). The third-order valence-electron chi connectivity index (χ3n) is 3.76. The number of nitrogens with one attached hydrogen (secondary N) is 3. The van der Waals surface area contributed by atoms with Gasteiger partial charge in [0, 0.05) is 18.2 Å². The maximum Gasteiger partial charge on any atom is 0.266 e. The van der Waals surface area contributed by atoms with Gasteiger partial charge in [-0.05, 0) is 42.5 Å². The zero-order valence-corrected chi connectivity index (χ0v) is 15.1. The molecule has 0 bridgehead atoms. The molecule has 2 aromatic rings. The normalized spacial score (nSPS) is 12.9. The molecule has 1 heterocycles. The second-order valence-corrected chi connectivity index (χ2v) is 7.20. The van der Waals surface area contributed by atoms with E-state index in [0.29, 0.717) is 30.3 Å². The molecule has 2 amide bonds. The molecule has 0 radical (unpaired) electrons. The zero-order valence-electron chi connectivity index (χ0n) is 14.3. The highest BCUT2D eigenvalue weighted by molar-refractivity contribution is 7.89. The van der Waals surface area contributed by atoms with Crippen molar-refractivity contribution in [2.75, 3.05) is 20.3 Å². The van der Waals surface area contributed by atoms with E-state index in [9.17, 15) is 18.0 Å². The summed E-state index contributed by atoms with van der Waals surface area (Å²) in [5, 5.41) is 2.44. The Morgan fingerprint density at radius 1 is 0.889 bits per heavy atom. The lowest BCUT2D eigenvalue weighted by Gasteiger charge is -2.18. The Bertz CT molecular complexity index is 973. The highest BCUT2D eigenvalue weighted by Gasteiger charge is 2.18. The smallest absolute Gasteiger partial charge is 0.266 e. The molecule has 1 aliphatic heterocycles. The van der Waals surface area contributed by atoms with Crippen molar-refractivity contribution in [3.8, 4) is 11.5 Å². The van der Waals surface area contributed by atoms with Crippen molar-refractivity contribution in [1.29, 1.82) is 0 Å². The van der Waals surface area contributed by atoms with Gasteiger partial charge in [0.15, 0.2) is 11.5 Å². The van der Waals surface area contributed by atoms with Crippen LogP contribution in [0.3, 0.4) is 0 Å². The van der Waals surface area contributed by atoms with Crippen LogP contribution in [-0.2, 0) is 10.0 Å². The minimum absolute atomic E-state index is 0.0994. The largest absolute Gasteiger partial charge is 0.486 e. The Balaban J connectivity index is 1.68. The lowest BCUT2D eigenvalue weighted by molar-refractivity contribution is 0.0941. The first-order chi connectivity index (χ1) is 12.9. The van der Waals surface area contributed by atoms with Gasteiger partial charge < -0.3 is 14.8 Å². The molecule has 0 fully saturated rings. The molecule has 142 valence electrons. The molecule has 0 spiro atoms. The molecule has 2 aromatic carbocycles. The van der Waals surface area contributed by atoms with Crippen molar-refractivity contribution >= 4 is 21.8 Å². The molecule has 9 nitrogen and oxygen atoms in total. The number of rotatable bonds is 5. The first-order valence-corrected chi connectivity index (χ1v) is 9.43. The average molecular weight is 391 g/mol. The molecule has 0 saturated heterocycles. The number of amides is 2. The summed E-state index contributed by atoms with van der Waals surface area (Å²) in [5.74, 6) is -0.0486. The van der Waals surface area contributed by atoms with Crippen LogP contribution >= 0.6 is 0 Å². The summed E-state index contributed by atoms with van der Waals surface area (Å²) in [7, 11) is -2.53. The fourth-order valence-corrected chi connectivity index (χ4v) is 3.20. The Kier molecular flexibility index (Phi) is 5.28. The lowest BCUT2D eigenvalue weighted by Crippen LogP contribution is -2.41. The number of carbonyl (C=O) groups excluding carboxylic acids is 2. The van der Waals surface area contributed by atoms with Gasteiger partial charge >= 0.3 is 0 Å². The Labute approximate surface area is 155 Å². The SMILES string of the molecule is CNC(=O)c1ccc(S(=O)(=O)NNC(=O)c2ccc3c(c2)OCCO3)cc1. The summed E-state index contributed by atoms with van der Waals surface area (Å²) in [4.78, 5) is 25.6. The van der Waals surface area contributed by atoms with E-state index in [0.717, 1.165) is 0 Å². The van der Waals surface area contributed by atoms with Crippen LogP contribution < -0.4 is 25.0 Å². The van der Waals surface area contributed by atoms with Crippen molar-refractivity contribution in [3.63, 3.8) is 0 Å². The molecule has 0 unspecified atom stereocenters. The number of benzene rings is 2. The van der Waals surface area contributed by atoms with Crippen LogP contribution in [0.5, 0.6) is 11.5 Å². The first kappa shape index (κ1) is 18.7. The Hall–Kier alpha value is -3.11. The van der Waals surface area contributed by atoms with Gasteiger partial charge in [0.25, 0.3) is 21.8 Å². The molecule has 3 N–H and O–H groups in total. The van der Waals surface area contributed by atoms with Gasteiger partial charge in [-0.3, -0.25) is 15.0 Å². The van der Waals surface area contributed by atoms with E-state index in [1.165, 1.54) is 43.4 Å². The number of hydrogen-bond donors (Lipinski definition) is 3. The van der Waals surface area contributed by atoms with E-state index in [-0.39, 0.29) is 16.4 Å². The van der Waals surface area contributed by atoms with E-state index >= 15 is 0 Å². The summed E-state index contributed by atoms with van der Waals surface area (Å²) >= 11 is 0. The van der Waals surface area contributed by atoms with Crippen molar-refractivity contribution in [3.05, 3.63) is 53.6 Å². The quantitative estimate of drug-likeness (QED) is 0.636. The highest BCUT2D eigenvalue weighted by atomic mass is 32.2. The number of sulfonamides is 1. The molecule has 0 saturated carbocycles. The number of fused-ring (bicyclic) bond motifs is 1. The third-order valence-corrected chi connectivity index (χ3v) is 5.02. The second-order valence-electron chi connectivity index (χ2n) is 5.52. The lowest BCUT2D eigenvalue weighted by atomic mass is 10.2. The zero-order chi connectivity index (χ0) is 19.4. The van der Waals surface area contributed by atoms with E-state index in [1.807, 2.05) is 4.83 Å². The predicted molar refractivity (Wildman–Crippen MR) is 95.1 cm³/mol. The molecular formula is C17H17N3O6S. The van der Waals surface area contributed by atoms with Crippen LogP contribution in [0.4, 0.5) is 0 Å². The van der Waals surface area contributed by atoms with E-state index in [2.05, 4.69) is 10.7 Å². The number of hydrogen-bond acceptors (Lipinski definition) is 6. The molecule has 10 heteroatoms. The number of carbonyl (C=O) groups is 2. The van der Waals surface area contributed by atoms with Crippen molar-refractivity contribution in [2.24, 2.45) is 0 Å². The van der Waals surface area contributed by atoms with Crippen LogP contribution in [0, 0.1) is 0 Å². The minimum Gasteiger partial charge on any atom is -0.486 e. The Morgan fingerprint density at radius 3 is 2.19 bits per heavy atom. The van der Waals surface area contributed by atoms with Crippen molar-refractivity contribution < 1.29 is 27.5 Å². The fourth-order valence-electron chi connectivity index (χ4n) is 2.36. The van der Waals surface area contributed by atoms with E-state index < -0.39 is 15.9 Å². The summed E-state index contributed by atoms with van der Waals surface area (Å²) in [6.45, 7) is 0.799. The van der Waals surface area contributed by atoms with Gasteiger partial charge in [0.2, 0.25) is 0 Å². The fraction of sp³-hybridized carbons (Fsp3) is 0.176. The van der Waals surface area contributed by atoms with Crippen LogP contribution in [0.2, 0.25) is 0 Å². The van der Waals surface area contributed by atoms with Gasteiger partial charge in [-0.1, -0.05) is 0 Å². The van der Waals surface area contributed by atoms with Crippen molar-refractivity contribution in [1.82, 2.24) is 15.6 Å². The minimum atomic E-state index is -4.00. The van der Waals surface area contributed by atoms with Gasteiger partial charge in [-0.2, -0.15) is 0 Å². The van der Waals surface area contributed by atoms with Gasteiger partial charge in [0.1, 0.15) is 13.2 Å². The summed E-state index contributed by atoms with van der Waals surface area (Å²) < 4.78 is 35.3. The maximum absolute atomic E-state index is 12.3.